The van der Waals surface area contributed by atoms with Gasteiger partial charge in [0.25, 0.3) is 13.4 Å². The highest BCUT2D eigenvalue weighted by atomic mass is 31.2. The molecule has 1 aromatic carbocycles. The molecule has 84 valence electrons. The standard InChI is InChI=1S/C11H13N2O2P/c1-12-10-6-3-2-5-9(10)11(14)13-7-4-8-16(12,13)15/h2-3,5-6H,4,7-8H2,1H3. The summed E-state index contributed by atoms with van der Waals surface area (Å²) < 4.78 is 16.1. The Morgan fingerprint density at radius 3 is 2.88 bits per heavy atom. The summed E-state index contributed by atoms with van der Waals surface area (Å²) in [7, 11) is -0.813. The summed E-state index contributed by atoms with van der Waals surface area (Å²) in [6, 6.07) is 7.38. The van der Waals surface area contributed by atoms with E-state index in [1.807, 2.05) is 25.2 Å². The lowest BCUT2D eigenvalue weighted by Crippen LogP contribution is -2.37. The van der Waals surface area contributed by atoms with Crippen LogP contribution < -0.4 is 4.67 Å². The molecule has 0 spiro atoms. The highest BCUT2D eigenvalue weighted by molar-refractivity contribution is 7.64. The van der Waals surface area contributed by atoms with Crippen LogP contribution in [0, 0.1) is 0 Å². The lowest BCUT2D eigenvalue weighted by Gasteiger charge is -2.39. The van der Waals surface area contributed by atoms with Crippen molar-refractivity contribution in [3.8, 4) is 0 Å². The van der Waals surface area contributed by atoms with Crippen LogP contribution in [0.2, 0.25) is 0 Å². The van der Waals surface area contributed by atoms with Gasteiger partial charge >= 0.3 is 0 Å². The normalized spacial score (nSPS) is 27.9. The average Bonchev–Trinajstić information content (AvgIpc) is 2.70. The smallest absolute Gasteiger partial charge is 0.265 e. The third kappa shape index (κ3) is 1.05. The van der Waals surface area contributed by atoms with E-state index < -0.39 is 7.44 Å². The molecule has 2 aliphatic heterocycles. The quantitative estimate of drug-likeness (QED) is 0.648. The third-order valence-electron chi connectivity index (χ3n) is 3.38. The highest BCUT2D eigenvalue weighted by Gasteiger charge is 2.47. The summed E-state index contributed by atoms with van der Waals surface area (Å²) in [4.78, 5) is 12.2. The largest absolute Gasteiger partial charge is 0.309 e. The molecule has 1 aromatic rings. The van der Waals surface area contributed by atoms with Crippen molar-refractivity contribution in [2.75, 3.05) is 24.4 Å². The minimum atomic E-state index is -2.64. The van der Waals surface area contributed by atoms with Gasteiger partial charge in [0.1, 0.15) is 0 Å². The van der Waals surface area contributed by atoms with Crippen LogP contribution in [0.1, 0.15) is 16.8 Å². The fraction of sp³-hybridized carbons (Fsp3) is 0.364. The number of hydrogen-bond acceptors (Lipinski definition) is 2. The second-order valence-electron chi connectivity index (χ2n) is 4.21. The molecule has 0 radical (unpaired) electrons. The van der Waals surface area contributed by atoms with Gasteiger partial charge in [-0.1, -0.05) is 12.1 Å². The molecule has 1 unspecified atom stereocenters. The first-order chi connectivity index (χ1) is 7.64. The molecule has 4 nitrogen and oxygen atoms in total. The van der Waals surface area contributed by atoms with E-state index >= 15 is 0 Å². The first-order valence-electron chi connectivity index (χ1n) is 5.39. The molecule has 16 heavy (non-hydrogen) atoms. The molecule has 1 saturated heterocycles. The van der Waals surface area contributed by atoms with E-state index in [0.717, 1.165) is 12.1 Å². The van der Waals surface area contributed by atoms with Crippen LogP contribution in [0.4, 0.5) is 5.69 Å². The van der Waals surface area contributed by atoms with Crippen molar-refractivity contribution in [1.82, 2.24) is 4.67 Å². The number of carbonyl (C=O) groups is 1. The average molecular weight is 236 g/mol. The molecule has 5 heteroatoms. The Bertz CT molecular complexity index is 514. The van der Waals surface area contributed by atoms with Crippen molar-refractivity contribution >= 4 is 19.0 Å². The van der Waals surface area contributed by atoms with Crippen LogP contribution in [0.3, 0.4) is 0 Å². The van der Waals surface area contributed by atoms with Gasteiger partial charge in [0.15, 0.2) is 0 Å². The number of para-hydroxylation sites is 1. The number of nitrogens with zero attached hydrogens (tertiary/aromatic N) is 2. The fourth-order valence-electron chi connectivity index (χ4n) is 2.50. The van der Waals surface area contributed by atoms with Gasteiger partial charge in [-0.15, -0.1) is 0 Å². The van der Waals surface area contributed by atoms with Crippen LogP contribution in [0.25, 0.3) is 0 Å². The lowest BCUT2D eigenvalue weighted by molar-refractivity contribution is 0.0864. The molecular formula is C11H13N2O2P. The van der Waals surface area contributed by atoms with Crippen molar-refractivity contribution in [3.05, 3.63) is 29.8 Å². The van der Waals surface area contributed by atoms with Gasteiger partial charge in [-0.2, -0.15) is 0 Å². The van der Waals surface area contributed by atoms with Crippen LogP contribution in [0.15, 0.2) is 24.3 Å². The molecule has 0 N–H and O–H groups in total. The molecule has 0 bridgehead atoms. The van der Waals surface area contributed by atoms with Crippen LogP contribution in [0.5, 0.6) is 0 Å². The Balaban J connectivity index is 2.24. The third-order valence-corrected chi connectivity index (χ3v) is 6.57. The highest BCUT2D eigenvalue weighted by Crippen LogP contribution is 2.61. The Morgan fingerprint density at radius 2 is 2.06 bits per heavy atom. The summed E-state index contributed by atoms with van der Waals surface area (Å²) in [5, 5.41) is 0. The first-order valence-corrected chi connectivity index (χ1v) is 7.19. The maximum atomic E-state index is 12.7. The molecule has 1 amide bonds. The predicted octanol–water partition coefficient (Wildman–Crippen LogP) is 2.18. The van der Waals surface area contributed by atoms with E-state index in [1.165, 1.54) is 0 Å². The van der Waals surface area contributed by atoms with E-state index in [2.05, 4.69) is 0 Å². The van der Waals surface area contributed by atoms with Crippen LogP contribution >= 0.6 is 7.44 Å². The number of hydrogen-bond donors (Lipinski definition) is 0. The second-order valence-corrected chi connectivity index (χ2v) is 7.07. The van der Waals surface area contributed by atoms with Gasteiger partial charge in [-0.05, 0) is 18.6 Å². The van der Waals surface area contributed by atoms with Crippen molar-refractivity contribution < 1.29 is 9.36 Å². The van der Waals surface area contributed by atoms with Gasteiger partial charge < -0.3 is 4.67 Å². The van der Waals surface area contributed by atoms with Crippen LogP contribution in [-0.4, -0.2) is 30.3 Å². The zero-order valence-corrected chi connectivity index (χ0v) is 9.98. The minimum absolute atomic E-state index is 0.0745. The Morgan fingerprint density at radius 1 is 1.31 bits per heavy atom. The Kier molecular flexibility index (Phi) is 1.93. The summed E-state index contributed by atoms with van der Waals surface area (Å²) in [5.41, 5.74) is 1.47. The summed E-state index contributed by atoms with van der Waals surface area (Å²) in [5.74, 6) is -0.0745. The van der Waals surface area contributed by atoms with Gasteiger partial charge in [-0.25, -0.2) is 0 Å². The topological polar surface area (TPSA) is 40.6 Å². The minimum Gasteiger partial charge on any atom is -0.309 e. The number of benzene rings is 1. The zero-order chi connectivity index (χ0) is 11.3. The molecule has 1 fully saturated rings. The van der Waals surface area contributed by atoms with E-state index in [-0.39, 0.29) is 5.91 Å². The number of rotatable bonds is 0. The van der Waals surface area contributed by atoms with Gasteiger partial charge in [-0.3, -0.25) is 14.0 Å². The number of amides is 1. The van der Waals surface area contributed by atoms with Crippen molar-refractivity contribution in [2.45, 2.75) is 6.42 Å². The molecule has 0 saturated carbocycles. The van der Waals surface area contributed by atoms with Crippen molar-refractivity contribution in [2.24, 2.45) is 0 Å². The van der Waals surface area contributed by atoms with E-state index in [4.69, 9.17) is 0 Å². The van der Waals surface area contributed by atoms with Crippen LogP contribution in [-0.2, 0) is 4.57 Å². The lowest BCUT2D eigenvalue weighted by atomic mass is 10.1. The molecule has 1 atom stereocenters. The monoisotopic (exact) mass is 236 g/mol. The fourth-order valence-corrected chi connectivity index (χ4v) is 5.28. The molecule has 0 aliphatic carbocycles. The van der Waals surface area contributed by atoms with Gasteiger partial charge in [0.2, 0.25) is 0 Å². The molecule has 0 aromatic heterocycles. The molecule has 2 aliphatic rings. The molecule has 3 rings (SSSR count). The summed E-state index contributed by atoms with van der Waals surface area (Å²) >= 11 is 0. The van der Waals surface area contributed by atoms with Gasteiger partial charge in [0, 0.05) is 19.8 Å². The number of fused-ring (bicyclic) bond motifs is 2. The van der Waals surface area contributed by atoms with E-state index in [9.17, 15) is 9.36 Å². The molecule has 2 heterocycles. The number of carbonyl (C=O) groups excluding carboxylic acids is 1. The van der Waals surface area contributed by atoms with E-state index in [1.54, 1.807) is 15.4 Å². The van der Waals surface area contributed by atoms with Gasteiger partial charge in [0.05, 0.1) is 11.3 Å². The Labute approximate surface area is 94.3 Å². The SMILES string of the molecule is CN1c2ccccc2C(=O)N2CCCP21=O. The van der Waals surface area contributed by atoms with Crippen molar-refractivity contribution in [1.29, 1.82) is 0 Å². The van der Waals surface area contributed by atoms with E-state index in [0.29, 0.717) is 18.3 Å². The predicted molar refractivity (Wildman–Crippen MR) is 63.0 cm³/mol. The Hall–Kier alpha value is -1.28. The zero-order valence-electron chi connectivity index (χ0n) is 9.09. The maximum absolute atomic E-state index is 12.7. The van der Waals surface area contributed by atoms with Crippen molar-refractivity contribution in [3.63, 3.8) is 0 Å². The molecular weight excluding hydrogens is 223 g/mol. The maximum Gasteiger partial charge on any atom is 0.265 e. The summed E-state index contributed by atoms with van der Waals surface area (Å²) in [6.45, 7) is 0.620. The summed E-state index contributed by atoms with van der Waals surface area (Å²) in [6.07, 6.45) is 1.45. The number of anilines is 1. The first kappa shape index (κ1) is 9.91. The second kappa shape index (κ2) is 3.11.